The molecule has 1 heterocycles. The predicted octanol–water partition coefficient (Wildman–Crippen LogP) is 3.79. The topological polar surface area (TPSA) is 78.3 Å². The molecule has 0 unspecified atom stereocenters. The number of halogens is 2. The van der Waals surface area contributed by atoms with Crippen molar-refractivity contribution in [2.75, 3.05) is 13.7 Å². The quantitative estimate of drug-likeness (QED) is 0.588. The van der Waals surface area contributed by atoms with Gasteiger partial charge in [-0.25, -0.2) is 4.39 Å². The molecule has 4 rings (SSSR count). The molecular formula is C21H20ClFN4O3. The SMILES string of the molecule is COc1ccc(CNC(=O)c2c(OCC3CC3)ccc(-n3cnnc3)c2Cl)cc1F. The van der Waals surface area contributed by atoms with E-state index in [2.05, 4.69) is 15.5 Å². The third-order valence-electron chi connectivity index (χ3n) is 4.85. The number of ether oxygens (including phenoxy) is 2. The van der Waals surface area contributed by atoms with E-state index in [4.69, 9.17) is 21.1 Å². The number of amides is 1. The highest BCUT2D eigenvalue weighted by molar-refractivity contribution is 6.36. The van der Waals surface area contributed by atoms with Crippen LogP contribution in [0.1, 0.15) is 28.8 Å². The van der Waals surface area contributed by atoms with Crippen LogP contribution in [-0.2, 0) is 6.54 Å². The number of methoxy groups -OCH3 is 1. The van der Waals surface area contributed by atoms with Crippen LogP contribution in [0.5, 0.6) is 11.5 Å². The molecule has 0 aliphatic heterocycles. The molecule has 156 valence electrons. The van der Waals surface area contributed by atoms with Crippen molar-refractivity contribution in [1.82, 2.24) is 20.1 Å². The Balaban J connectivity index is 1.58. The summed E-state index contributed by atoms with van der Waals surface area (Å²) in [6.45, 7) is 0.654. The molecule has 1 aromatic heterocycles. The summed E-state index contributed by atoms with van der Waals surface area (Å²) >= 11 is 6.58. The molecule has 1 N–H and O–H groups in total. The minimum absolute atomic E-state index is 0.120. The number of aromatic nitrogens is 3. The molecule has 1 saturated carbocycles. The van der Waals surface area contributed by atoms with E-state index < -0.39 is 11.7 Å². The highest BCUT2D eigenvalue weighted by atomic mass is 35.5. The van der Waals surface area contributed by atoms with Gasteiger partial charge in [0.1, 0.15) is 24.0 Å². The van der Waals surface area contributed by atoms with E-state index in [0.29, 0.717) is 29.5 Å². The first-order valence-corrected chi connectivity index (χ1v) is 9.85. The Labute approximate surface area is 177 Å². The third kappa shape index (κ3) is 4.38. The predicted molar refractivity (Wildman–Crippen MR) is 109 cm³/mol. The van der Waals surface area contributed by atoms with Gasteiger partial charge < -0.3 is 14.8 Å². The maximum Gasteiger partial charge on any atom is 0.256 e. The second-order valence-corrected chi connectivity index (χ2v) is 7.42. The number of carbonyl (C=O) groups is 1. The average Bonchev–Trinajstić information content (AvgIpc) is 3.42. The molecule has 0 spiro atoms. The summed E-state index contributed by atoms with van der Waals surface area (Å²) in [5, 5.41) is 10.6. The van der Waals surface area contributed by atoms with Crippen LogP contribution in [0.2, 0.25) is 5.02 Å². The zero-order valence-electron chi connectivity index (χ0n) is 16.3. The van der Waals surface area contributed by atoms with E-state index in [1.807, 2.05) is 0 Å². The molecule has 1 amide bonds. The van der Waals surface area contributed by atoms with Gasteiger partial charge in [-0.05, 0) is 48.6 Å². The standard InChI is InChI=1S/C21H20ClFN4O3/c1-29-17-6-4-14(8-15(17)23)9-24-21(28)19-18(30-10-13-2-3-13)7-5-16(20(19)22)27-11-25-26-12-27/h4-8,11-13H,2-3,9-10H2,1H3,(H,24,28). The summed E-state index contributed by atoms with van der Waals surface area (Å²) in [6, 6.07) is 7.98. The zero-order valence-corrected chi connectivity index (χ0v) is 17.0. The fraction of sp³-hybridized carbons (Fsp3) is 0.286. The Kier molecular flexibility index (Phi) is 5.85. The highest BCUT2D eigenvalue weighted by Gasteiger charge is 2.25. The van der Waals surface area contributed by atoms with E-state index in [1.54, 1.807) is 22.8 Å². The Morgan fingerprint density at radius 2 is 1.97 bits per heavy atom. The molecule has 30 heavy (non-hydrogen) atoms. The lowest BCUT2D eigenvalue weighted by Crippen LogP contribution is -2.24. The summed E-state index contributed by atoms with van der Waals surface area (Å²) in [7, 11) is 1.40. The largest absolute Gasteiger partial charge is 0.494 e. The van der Waals surface area contributed by atoms with Gasteiger partial charge in [-0.3, -0.25) is 9.36 Å². The maximum atomic E-state index is 13.9. The van der Waals surface area contributed by atoms with E-state index in [9.17, 15) is 9.18 Å². The minimum atomic E-state index is -0.495. The number of hydrogen-bond donors (Lipinski definition) is 1. The van der Waals surface area contributed by atoms with Crippen LogP contribution in [0.4, 0.5) is 4.39 Å². The molecule has 1 aliphatic carbocycles. The van der Waals surface area contributed by atoms with Crippen molar-refractivity contribution in [2.24, 2.45) is 5.92 Å². The zero-order chi connectivity index (χ0) is 21.1. The van der Waals surface area contributed by atoms with Gasteiger partial charge in [-0.1, -0.05) is 17.7 Å². The lowest BCUT2D eigenvalue weighted by Gasteiger charge is -2.16. The maximum absolute atomic E-state index is 13.9. The van der Waals surface area contributed by atoms with E-state index in [1.165, 1.54) is 31.9 Å². The molecule has 9 heteroatoms. The van der Waals surface area contributed by atoms with E-state index in [-0.39, 0.29) is 22.9 Å². The fourth-order valence-corrected chi connectivity index (χ4v) is 3.33. The molecule has 1 aliphatic rings. The number of benzene rings is 2. The van der Waals surface area contributed by atoms with Crippen molar-refractivity contribution >= 4 is 17.5 Å². The summed E-state index contributed by atoms with van der Waals surface area (Å²) in [4.78, 5) is 13.0. The second kappa shape index (κ2) is 8.71. The first-order valence-electron chi connectivity index (χ1n) is 9.47. The number of rotatable bonds is 8. The number of nitrogens with one attached hydrogen (secondary N) is 1. The molecule has 3 aromatic rings. The fourth-order valence-electron chi connectivity index (χ4n) is 2.99. The highest BCUT2D eigenvalue weighted by Crippen LogP contribution is 2.35. The molecule has 0 bridgehead atoms. The molecule has 0 saturated heterocycles. The normalized spacial score (nSPS) is 13.2. The first kappa shape index (κ1) is 20.2. The van der Waals surface area contributed by atoms with Gasteiger partial charge >= 0.3 is 0 Å². The molecule has 1 fully saturated rings. The first-order chi connectivity index (χ1) is 14.6. The minimum Gasteiger partial charge on any atom is -0.494 e. The third-order valence-corrected chi connectivity index (χ3v) is 5.23. The lowest BCUT2D eigenvalue weighted by molar-refractivity contribution is 0.0946. The van der Waals surface area contributed by atoms with Crippen LogP contribution in [0.3, 0.4) is 0 Å². The number of carbonyl (C=O) groups excluding carboxylic acids is 1. The summed E-state index contributed by atoms with van der Waals surface area (Å²) in [5.74, 6) is 0.148. The van der Waals surface area contributed by atoms with Crippen molar-refractivity contribution in [3.05, 3.63) is 65.0 Å². The Morgan fingerprint density at radius 1 is 1.23 bits per heavy atom. The average molecular weight is 431 g/mol. The Hall–Kier alpha value is -3.13. The van der Waals surface area contributed by atoms with Crippen LogP contribution in [0.25, 0.3) is 5.69 Å². The van der Waals surface area contributed by atoms with Crippen molar-refractivity contribution < 1.29 is 18.7 Å². The van der Waals surface area contributed by atoms with Crippen LogP contribution in [-0.4, -0.2) is 34.4 Å². The summed E-state index contributed by atoms with van der Waals surface area (Å²) in [5.41, 5.74) is 1.37. The summed E-state index contributed by atoms with van der Waals surface area (Å²) < 4.78 is 26.3. The van der Waals surface area contributed by atoms with Crippen LogP contribution in [0, 0.1) is 11.7 Å². The van der Waals surface area contributed by atoms with Gasteiger partial charge in [0.25, 0.3) is 5.91 Å². The monoisotopic (exact) mass is 430 g/mol. The molecule has 2 aromatic carbocycles. The molecule has 0 radical (unpaired) electrons. The van der Waals surface area contributed by atoms with Gasteiger partial charge in [0.05, 0.1) is 24.4 Å². The Morgan fingerprint density at radius 3 is 2.63 bits per heavy atom. The molecular weight excluding hydrogens is 411 g/mol. The van der Waals surface area contributed by atoms with Crippen LogP contribution < -0.4 is 14.8 Å². The second-order valence-electron chi connectivity index (χ2n) is 7.05. The summed E-state index contributed by atoms with van der Waals surface area (Å²) in [6.07, 6.45) is 5.23. The lowest BCUT2D eigenvalue weighted by atomic mass is 10.1. The van der Waals surface area contributed by atoms with Crippen molar-refractivity contribution in [2.45, 2.75) is 19.4 Å². The molecule has 0 atom stereocenters. The van der Waals surface area contributed by atoms with Gasteiger partial charge in [0.2, 0.25) is 0 Å². The van der Waals surface area contributed by atoms with Crippen LogP contribution in [0.15, 0.2) is 43.0 Å². The van der Waals surface area contributed by atoms with Gasteiger partial charge in [0, 0.05) is 6.54 Å². The van der Waals surface area contributed by atoms with Gasteiger partial charge in [-0.15, -0.1) is 10.2 Å². The van der Waals surface area contributed by atoms with E-state index >= 15 is 0 Å². The van der Waals surface area contributed by atoms with Crippen molar-refractivity contribution in [3.63, 3.8) is 0 Å². The van der Waals surface area contributed by atoms with Crippen molar-refractivity contribution in [3.8, 4) is 17.2 Å². The van der Waals surface area contributed by atoms with Gasteiger partial charge in [-0.2, -0.15) is 0 Å². The Bertz CT molecular complexity index is 1050. The van der Waals surface area contributed by atoms with Crippen molar-refractivity contribution in [1.29, 1.82) is 0 Å². The molecule has 7 nitrogen and oxygen atoms in total. The smallest absolute Gasteiger partial charge is 0.256 e. The van der Waals surface area contributed by atoms with Crippen LogP contribution >= 0.6 is 11.6 Å². The van der Waals surface area contributed by atoms with Gasteiger partial charge in [0.15, 0.2) is 11.6 Å². The van der Waals surface area contributed by atoms with E-state index in [0.717, 1.165) is 12.8 Å². The number of hydrogen-bond acceptors (Lipinski definition) is 5. The number of nitrogens with zero attached hydrogens (tertiary/aromatic N) is 3.